The lowest BCUT2D eigenvalue weighted by Crippen LogP contribution is -2.44. The fourth-order valence-electron chi connectivity index (χ4n) is 1.74. The van der Waals surface area contributed by atoms with Crippen LogP contribution in [0.15, 0.2) is 24.8 Å². The minimum Gasteiger partial charge on any atom is -0.368 e. The van der Waals surface area contributed by atoms with Gasteiger partial charge in [-0.15, -0.1) is 6.58 Å². The second kappa shape index (κ2) is 7.47. The van der Waals surface area contributed by atoms with E-state index in [9.17, 15) is 22.8 Å². The van der Waals surface area contributed by atoms with Gasteiger partial charge in [0.15, 0.2) is 0 Å². The molecule has 0 aliphatic heterocycles. The van der Waals surface area contributed by atoms with Gasteiger partial charge >= 0.3 is 0 Å². The molecule has 0 aliphatic rings. The van der Waals surface area contributed by atoms with Crippen LogP contribution < -0.4 is 11.1 Å². The van der Waals surface area contributed by atoms with Gasteiger partial charge in [-0.25, -0.2) is 13.2 Å². The molecule has 0 radical (unpaired) electrons. The Morgan fingerprint density at radius 1 is 1.29 bits per heavy atom. The van der Waals surface area contributed by atoms with Crippen molar-refractivity contribution in [3.63, 3.8) is 0 Å². The molecular weight excluding hydrogens is 285 g/mol. The Labute approximate surface area is 119 Å². The van der Waals surface area contributed by atoms with E-state index in [0.717, 1.165) is 0 Å². The van der Waals surface area contributed by atoms with Crippen LogP contribution in [0.2, 0.25) is 0 Å². The van der Waals surface area contributed by atoms with Crippen LogP contribution in [0.4, 0.5) is 13.2 Å². The standard InChI is InChI=1S/C14H15F3N2O2/c1-2-3-4-5-11(13(18)20)19-14(21)12-9(16)6-8(15)7-10(12)17/h2,6-7,11H,1,3-5H2,(H2,18,20)(H,19,21)/t11-/m0/s1. The van der Waals surface area contributed by atoms with Gasteiger partial charge in [-0.2, -0.15) is 0 Å². The van der Waals surface area contributed by atoms with Gasteiger partial charge < -0.3 is 11.1 Å². The van der Waals surface area contributed by atoms with Crippen molar-refractivity contribution in [2.45, 2.75) is 25.3 Å². The predicted octanol–water partition coefficient (Wildman–Crippen LogP) is 2.04. The SMILES string of the molecule is C=CCCC[C@H](NC(=O)c1c(F)cc(F)cc1F)C(N)=O. The predicted molar refractivity (Wildman–Crippen MR) is 70.8 cm³/mol. The first-order valence-electron chi connectivity index (χ1n) is 6.22. The Hall–Kier alpha value is -2.31. The number of rotatable bonds is 7. The Bertz CT molecular complexity index is 538. The lowest BCUT2D eigenvalue weighted by molar-refractivity contribution is -0.120. The van der Waals surface area contributed by atoms with Crippen molar-refractivity contribution in [3.05, 3.63) is 47.8 Å². The van der Waals surface area contributed by atoms with E-state index in [0.29, 0.717) is 25.0 Å². The van der Waals surface area contributed by atoms with Crippen molar-refractivity contribution >= 4 is 11.8 Å². The number of hydrogen-bond donors (Lipinski definition) is 2. The van der Waals surface area contributed by atoms with Crippen LogP contribution in [0, 0.1) is 17.5 Å². The van der Waals surface area contributed by atoms with Gasteiger partial charge in [-0.05, 0) is 19.3 Å². The van der Waals surface area contributed by atoms with E-state index < -0.39 is 40.9 Å². The summed E-state index contributed by atoms with van der Waals surface area (Å²) in [6.45, 7) is 3.50. The number of hydrogen-bond acceptors (Lipinski definition) is 2. The monoisotopic (exact) mass is 300 g/mol. The van der Waals surface area contributed by atoms with Crippen LogP contribution in [0.5, 0.6) is 0 Å². The molecule has 0 heterocycles. The lowest BCUT2D eigenvalue weighted by atomic mass is 10.1. The first kappa shape index (κ1) is 16.7. The van der Waals surface area contributed by atoms with E-state index in [1.54, 1.807) is 6.08 Å². The normalized spacial score (nSPS) is 11.8. The van der Waals surface area contributed by atoms with Crippen LogP contribution in [0.1, 0.15) is 29.6 Å². The van der Waals surface area contributed by atoms with E-state index in [-0.39, 0.29) is 6.42 Å². The summed E-state index contributed by atoms with van der Waals surface area (Å²) >= 11 is 0. The molecule has 1 aromatic carbocycles. The molecule has 21 heavy (non-hydrogen) atoms. The first-order chi connectivity index (χ1) is 9.86. The molecule has 0 fully saturated rings. The molecule has 0 unspecified atom stereocenters. The molecule has 7 heteroatoms. The smallest absolute Gasteiger partial charge is 0.257 e. The highest BCUT2D eigenvalue weighted by Crippen LogP contribution is 2.15. The topological polar surface area (TPSA) is 72.2 Å². The van der Waals surface area contributed by atoms with Gasteiger partial charge in [0, 0.05) is 12.1 Å². The highest BCUT2D eigenvalue weighted by molar-refractivity contribution is 5.97. The zero-order valence-electron chi connectivity index (χ0n) is 11.2. The zero-order valence-corrected chi connectivity index (χ0v) is 11.2. The van der Waals surface area contributed by atoms with E-state index >= 15 is 0 Å². The molecule has 2 amide bonds. The van der Waals surface area contributed by atoms with Gasteiger partial charge in [0.25, 0.3) is 5.91 Å². The molecule has 0 bridgehead atoms. The molecule has 1 atom stereocenters. The van der Waals surface area contributed by atoms with E-state index in [1.807, 2.05) is 0 Å². The second-order valence-corrected chi connectivity index (χ2v) is 4.39. The first-order valence-corrected chi connectivity index (χ1v) is 6.22. The van der Waals surface area contributed by atoms with Crippen molar-refractivity contribution < 1.29 is 22.8 Å². The molecule has 0 aromatic heterocycles. The molecule has 114 valence electrons. The fraction of sp³-hybridized carbons (Fsp3) is 0.286. The van der Waals surface area contributed by atoms with Gasteiger partial charge in [0.1, 0.15) is 29.1 Å². The third-order valence-corrected chi connectivity index (χ3v) is 2.78. The maximum Gasteiger partial charge on any atom is 0.257 e. The number of nitrogens with one attached hydrogen (secondary N) is 1. The van der Waals surface area contributed by atoms with E-state index in [2.05, 4.69) is 11.9 Å². The molecule has 0 saturated carbocycles. The van der Waals surface area contributed by atoms with Crippen molar-refractivity contribution in [2.24, 2.45) is 5.73 Å². The number of halogens is 3. The largest absolute Gasteiger partial charge is 0.368 e. The molecule has 0 spiro atoms. The number of nitrogens with two attached hydrogens (primary N) is 1. The van der Waals surface area contributed by atoms with Crippen molar-refractivity contribution in [3.8, 4) is 0 Å². The molecule has 0 aliphatic carbocycles. The summed E-state index contributed by atoms with van der Waals surface area (Å²) in [7, 11) is 0. The summed E-state index contributed by atoms with van der Waals surface area (Å²) in [5.74, 6) is -5.82. The van der Waals surface area contributed by atoms with Crippen molar-refractivity contribution in [1.82, 2.24) is 5.32 Å². The maximum absolute atomic E-state index is 13.4. The average molecular weight is 300 g/mol. The number of primary amides is 1. The van der Waals surface area contributed by atoms with Gasteiger partial charge in [-0.1, -0.05) is 6.08 Å². The Morgan fingerprint density at radius 2 is 1.86 bits per heavy atom. The van der Waals surface area contributed by atoms with E-state index in [4.69, 9.17) is 5.73 Å². The van der Waals surface area contributed by atoms with Gasteiger partial charge in [0.2, 0.25) is 5.91 Å². The second-order valence-electron chi connectivity index (χ2n) is 4.39. The average Bonchev–Trinajstić information content (AvgIpc) is 2.36. The van der Waals surface area contributed by atoms with Crippen molar-refractivity contribution in [2.75, 3.05) is 0 Å². The Morgan fingerprint density at radius 3 is 2.33 bits per heavy atom. The number of allylic oxidation sites excluding steroid dienone is 1. The number of carbonyl (C=O) groups excluding carboxylic acids is 2. The molecule has 0 saturated heterocycles. The Kier molecular flexibility index (Phi) is 5.95. The van der Waals surface area contributed by atoms with Crippen LogP contribution >= 0.6 is 0 Å². The summed E-state index contributed by atoms with van der Waals surface area (Å²) in [5.41, 5.74) is 4.17. The highest BCUT2D eigenvalue weighted by atomic mass is 19.1. The van der Waals surface area contributed by atoms with Gasteiger partial charge in [0.05, 0.1) is 0 Å². The molecule has 4 nitrogen and oxygen atoms in total. The van der Waals surface area contributed by atoms with E-state index in [1.165, 1.54) is 0 Å². The third kappa shape index (κ3) is 4.62. The molecule has 1 aromatic rings. The maximum atomic E-state index is 13.4. The lowest BCUT2D eigenvalue weighted by Gasteiger charge is -2.15. The summed E-state index contributed by atoms with van der Waals surface area (Å²) in [4.78, 5) is 23.0. The molecular formula is C14H15F3N2O2. The third-order valence-electron chi connectivity index (χ3n) is 2.78. The quantitative estimate of drug-likeness (QED) is 0.597. The molecule has 1 rings (SSSR count). The number of carbonyl (C=O) groups is 2. The van der Waals surface area contributed by atoms with Crippen LogP contribution in [0.3, 0.4) is 0 Å². The van der Waals surface area contributed by atoms with Crippen molar-refractivity contribution in [1.29, 1.82) is 0 Å². The highest BCUT2D eigenvalue weighted by Gasteiger charge is 2.23. The fourth-order valence-corrected chi connectivity index (χ4v) is 1.74. The number of benzene rings is 1. The summed E-state index contributed by atoms with van der Waals surface area (Å²) in [6.07, 6.45) is 2.95. The minimum atomic E-state index is -1.35. The van der Waals surface area contributed by atoms with Crippen LogP contribution in [-0.4, -0.2) is 17.9 Å². The summed E-state index contributed by atoms with van der Waals surface area (Å²) in [5, 5.41) is 2.14. The number of unbranched alkanes of at least 4 members (excludes halogenated alkanes) is 1. The summed E-state index contributed by atoms with van der Waals surface area (Å²) < 4.78 is 39.7. The summed E-state index contributed by atoms with van der Waals surface area (Å²) in [6, 6.07) is -0.300. The molecule has 3 N–H and O–H groups in total. The number of amides is 2. The Balaban J connectivity index is 2.87. The van der Waals surface area contributed by atoms with Gasteiger partial charge in [-0.3, -0.25) is 9.59 Å². The zero-order chi connectivity index (χ0) is 16.0. The van der Waals surface area contributed by atoms with Crippen LogP contribution in [-0.2, 0) is 4.79 Å². The van der Waals surface area contributed by atoms with Crippen LogP contribution in [0.25, 0.3) is 0 Å². The minimum absolute atomic E-state index is 0.206.